The lowest BCUT2D eigenvalue weighted by Gasteiger charge is -2.21. The number of benzene rings is 3. The fraction of sp³-hybridized carbons (Fsp3) is 0.150. The van der Waals surface area contributed by atoms with Crippen LogP contribution in [0, 0.1) is 0 Å². The van der Waals surface area contributed by atoms with E-state index in [1.165, 1.54) is 0 Å². The average Bonchev–Trinajstić information content (AvgIpc) is 2.85. The van der Waals surface area contributed by atoms with E-state index >= 15 is 0 Å². The molecule has 0 bridgehead atoms. The van der Waals surface area contributed by atoms with Gasteiger partial charge in [-0.1, -0.05) is 35.9 Å². The van der Waals surface area contributed by atoms with Gasteiger partial charge in [0, 0.05) is 24.5 Å². The molecule has 1 amide bonds. The van der Waals surface area contributed by atoms with Gasteiger partial charge in [0.1, 0.15) is 6.54 Å². The third kappa shape index (κ3) is 2.96. The second-order valence-corrected chi connectivity index (χ2v) is 9.01. The molecule has 0 saturated carbocycles. The summed E-state index contributed by atoms with van der Waals surface area (Å²) >= 11 is 6.06. The van der Waals surface area contributed by atoms with E-state index in [-0.39, 0.29) is 11.4 Å². The Morgan fingerprint density at radius 2 is 1.82 bits per heavy atom. The molecule has 0 saturated heterocycles. The summed E-state index contributed by atoms with van der Waals surface area (Å²) in [6.45, 7) is -0.324. The van der Waals surface area contributed by atoms with Crippen LogP contribution in [-0.2, 0) is 14.8 Å². The quantitative estimate of drug-likeness (QED) is 0.705. The number of carbonyl (C=O) groups excluding carboxylic acids is 1. The first-order chi connectivity index (χ1) is 13.3. The van der Waals surface area contributed by atoms with Gasteiger partial charge in [0.25, 0.3) is 10.0 Å². The second-order valence-electron chi connectivity index (χ2n) is 6.75. The lowest BCUT2D eigenvalue weighted by atomic mass is 10.1. The van der Waals surface area contributed by atoms with Crippen LogP contribution in [0.1, 0.15) is 0 Å². The Hall–Kier alpha value is -2.77. The molecule has 1 heterocycles. The lowest BCUT2D eigenvalue weighted by Crippen LogP contribution is -2.35. The van der Waals surface area contributed by atoms with Crippen LogP contribution in [0.15, 0.2) is 59.5 Å². The first kappa shape index (κ1) is 18.6. The summed E-state index contributed by atoms with van der Waals surface area (Å²) in [6, 6.07) is 15.7. The predicted octanol–water partition coefficient (Wildman–Crippen LogP) is 3.71. The van der Waals surface area contributed by atoms with E-state index in [2.05, 4.69) is 5.32 Å². The number of nitrogens with one attached hydrogen (secondary N) is 1. The highest BCUT2D eigenvalue weighted by Crippen LogP contribution is 2.41. The van der Waals surface area contributed by atoms with Gasteiger partial charge in [0.15, 0.2) is 0 Å². The van der Waals surface area contributed by atoms with Crippen LogP contribution in [0.3, 0.4) is 0 Å². The van der Waals surface area contributed by atoms with Crippen LogP contribution in [0.5, 0.6) is 0 Å². The maximum absolute atomic E-state index is 13.0. The molecule has 0 unspecified atom stereocenters. The molecule has 0 fully saturated rings. The molecule has 3 aromatic rings. The van der Waals surface area contributed by atoms with Gasteiger partial charge in [-0.3, -0.25) is 9.10 Å². The number of nitrogens with zero attached hydrogens (tertiary/aromatic N) is 2. The van der Waals surface area contributed by atoms with Crippen LogP contribution in [0.2, 0.25) is 5.02 Å². The maximum atomic E-state index is 13.0. The molecule has 4 rings (SSSR count). The van der Waals surface area contributed by atoms with Gasteiger partial charge < -0.3 is 10.2 Å². The molecule has 0 spiro atoms. The molecule has 0 aliphatic carbocycles. The van der Waals surface area contributed by atoms with Crippen molar-refractivity contribution in [2.45, 2.75) is 4.90 Å². The van der Waals surface area contributed by atoms with Crippen LogP contribution in [-0.4, -0.2) is 35.0 Å². The number of sulfonamides is 1. The number of hydrogen-bond donors (Lipinski definition) is 1. The smallest absolute Gasteiger partial charge is 0.265 e. The van der Waals surface area contributed by atoms with Crippen molar-refractivity contribution in [2.75, 3.05) is 35.2 Å². The maximum Gasteiger partial charge on any atom is 0.265 e. The first-order valence-corrected chi connectivity index (χ1v) is 10.4. The van der Waals surface area contributed by atoms with Gasteiger partial charge >= 0.3 is 0 Å². The molecule has 8 heteroatoms. The Morgan fingerprint density at radius 3 is 2.54 bits per heavy atom. The first-order valence-electron chi connectivity index (χ1n) is 8.60. The summed E-state index contributed by atoms with van der Waals surface area (Å²) < 4.78 is 27.2. The Balaban J connectivity index is 1.67. The molecule has 1 aliphatic rings. The van der Waals surface area contributed by atoms with E-state index in [0.29, 0.717) is 21.8 Å². The molecule has 0 aromatic heterocycles. The SMILES string of the molecule is CN(C)c1ccc(Cl)cc1NC(=O)CN1c2cccc3cccc(c23)S1(=O)=O. The Kier molecular flexibility index (Phi) is 4.44. The van der Waals surface area contributed by atoms with Crippen molar-refractivity contribution >= 4 is 55.4 Å². The van der Waals surface area contributed by atoms with Crippen LogP contribution < -0.4 is 14.5 Å². The van der Waals surface area contributed by atoms with Crippen molar-refractivity contribution in [1.29, 1.82) is 0 Å². The van der Waals surface area contributed by atoms with Crippen LogP contribution in [0.25, 0.3) is 10.8 Å². The highest BCUT2D eigenvalue weighted by atomic mass is 35.5. The lowest BCUT2D eigenvalue weighted by molar-refractivity contribution is -0.114. The molecule has 0 atom stereocenters. The molecule has 144 valence electrons. The number of carbonyl (C=O) groups is 1. The van der Waals surface area contributed by atoms with Crippen molar-refractivity contribution in [2.24, 2.45) is 0 Å². The zero-order valence-electron chi connectivity index (χ0n) is 15.3. The van der Waals surface area contributed by atoms with Gasteiger partial charge in [-0.05, 0) is 35.7 Å². The highest BCUT2D eigenvalue weighted by Gasteiger charge is 2.36. The highest BCUT2D eigenvalue weighted by molar-refractivity contribution is 7.93. The molecule has 1 aliphatic heterocycles. The number of rotatable bonds is 4. The van der Waals surface area contributed by atoms with Crippen molar-refractivity contribution in [1.82, 2.24) is 0 Å². The monoisotopic (exact) mass is 415 g/mol. The van der Waals surface area contributed by atoms with Gasteiger partial charge in [-0.15, -0.1) is 0 Å². The Labute approximate surface area is 168 Å². The van der Waals surface area contributed by atoms with Gasteiger partial charge in [-0.25, -0.2) is 8.42 Å². The minimum atomic E-state index is -3.78. The largest absolute Gasteiger partial charge is 0.376 e. The van der Waals surface area contributed by atoms with Crippen LogP contribution in [0.4, 0.5) is 17.1 Å². The fourth-order valence-electron chi connectivity index (χ4n) is 3.45. The summed E-state index contributed by atoms with van der Waals surface area (Å²) in [5, 5.41) is 4.74. The van der Waals surface area contributed by atoms with Crippen LogP contribution >= 0.6 is 11.6 Å². The third-order valence-corrected chi connectivity index (χ3v) is 6.72. The van der Waals surface area contributed by atoms with E-state index in [1.54, 1.807) is 42.5 Å². The topological polar surface area (TPSA) is 69.7 Å². The normalized spacial score (nSPS) is 14.3. The average molecular weight is 416 g/mol. The molecular formula is C20H18ClN3O3S. The zero-order chi connectivity index (χ0) is 20.1. The standard InChI is InChI=1S/C20H18ClN3O3S/c1-23(2)16-10-9-14(21)11-15(16)22-19(25)12-24-17-7-3-5-13-6-4-8-18(20(13)17)28(24,26)27/h3-11H,12H2,1-2H3,(H,22,25). The van der Waals surface area contributed by atoms with Gasteiger partial charge in [0.05, 0.1) is 22.0 Å². The summed E-state index contributed by atoms with van der Waals surface area (Å²) in [4.78, 5) is 14.8. The third-order valence-electron chi connectivity index (χ3n) is 4.68. The summed E-state index contributed by atoms with van der Waals surface area (Å²) in [7, 11) is -0.0876. The summed E-state index contributed by atoms with van der Waals surface area (Å²) in [6.07, 6.45) is 0. The van der Waals surface area contributed by atoms with Crippen molar-refractivity contribution in [3.05, 3.63) is 59.6 Å². The second kappa shape index (κ2) is 6.68. The molecule has 0 radical (unpaired) electrons. The van der Waals surface area contributed by atoms with Gasteiger partial charge in [-0.2, -0.15) is 0 Å². The number of halogens is 1. The van der Waals surface area contributed by atoms with E-state index in [9.17, 15) is 13.2 Å². The molecule has 3 aromatic carbocycles. The summed E-state index contributed by atoms with van der Waals surface area (Å²) in [5.41, 5.74) is 1.81. The number of hydrogen-bond acceptors (Lipinski definition) is 4. The van der Waals surface area contributed by atoms with Crippen molar-refractivity contribution < 1.29 is 13.2 Å². The van der Waals surface area contributed by atoms with E-state index in [1.807, 2.05) is 31.1 Å². The van der Waals surface area contributed by atoms with E-state index < -0.39 is 15.9 Å². The predicted molar refractivity (Wildman–Crippen MR) is 113 cm³/mol. The fourth-order valence-corrected chi connectivity index (χ4v) is 5.29. The van der Waals surface area contributed by atoms with E-state index in [0.717, 1.165) is 15.4 Å². The molecule has 1 N–H and O–H groups in total. The van der Waals surface area contributed by atoms with E-state index in [4.69, 9.17) is 11.6 Å². The minimum Gasteiger partial charge on any atom is -0.376 e. The number of anilines is 3. The number of amides is 1. The molecule has 28 heavy (non-hydrogen) atoms. The summed E-state index contributed by atoms with van der Waals surface area (Å²) in [5.74, 6) is -0.446. The van der Waals surface area contributed by atoms with Crippen molar-refractivity contribution in [3.63, 3.8) is 0 Å². The minimum absolute atomic E-state index is 0.227. The molecular weight excluding hydrogens is 398 g/mol. The van der Waals surface area contributed by atoms with Gasteiger partial charge in [0.2, 0.25) is 5.91 Å². The Morgan fingerprint density at radius 1 is 1.11 bits per heavy atom. The zero-order valence-corrected chi connectivity index (χ0v) is 16.9. The Bertz CT molecular complexity index is 1200. The molecule has 6 nitrogen and oxygen atoms in total. The van der Waals surface area contributed by atoms with Crippen molar-refractivity contribution in [3.8, 4) is 0 Å².